The van der Waals surface area contributed by atoms with Gasteiger partial charge in [-0.05, 0) is 97.5 Å². The Kier molecular flexibility index (Phi) is 6.35. The molecule has 2 N–H and O–H groups in total. The van der Waals surface area contributed by atoms with E-state index in [1.807, 2.05) is 0 Å². The first-order valence-electron chi connectivity index (χ1n) is 8.69. The highest BCUT2D eigenvalue weighted by molar-refractivity contribution is 6.10. The van der Waals surface area contributed by atoms with Gasteiger partial charge < -0.3 is 10.2 Å². The van der Waals surface area contributed by atoms with Crippen molar-refractivity contribution in [2.24, 2.45) is 0 Å². The fraction of sp³-hybridized carbons (Fsp3) is 0.217. The van der Waals surface area contributed by atoms with Gasteiger partial charge in [0, 0.05) is 0 Å². The van der Waals surface area contributed by atoms with Crippen LogP contribution in [0.25, 0.3) is 12.2 Å². The topological polar surface area (TPSA) is 74.6 Å². The van der Waals surface area contributed by atoms with Gasteiger partial charge in [-0.25, -0.2) is 0 Å². The van der Waals surface area contributed by atoms with E-state index < -0.39 is 0 Å². The molecule has 0 fully saturated rings. The number of carbonyl (C=O) groups excluding carboxylic acids is 2. The highest BCUT2D eigenvalue weighted by atomic mass is 16.3. The molecule has 0 bridgehead atoms. The minimum atomic E-state index is -0.286. The van der Waals surface area contributed by atoms with Crippen molar-refractivity contribution in [3.63, 3.8) is 0 Å². The number of aryl methyl sites for hydroxylation is 4. The van der Waals surface area contributed by atoms with Crippen molar-refractivity contribution in [3.05, 3.63) is 69.8 Å². The zero-order valence-electron chi connectivity index (χ0n) is 16.0. The Morgan fingerprint density at radius 2 is 1.00 bits per heavy atom. The number of ketones is 2. The minimum absolute atomic E-state index is 0.209. The van der Waals surface area contributed by atoms with Gasteiger partial charge in [-0.15, -0.1) is 0 Å². The molecule has 0 aliphatic rings. The molecule has 0 spiro atoms. The molecule has 0 amide bonds. The van der Waals surface area contributed by atoms with Crippen molar-refractivity contribution in [1.82, 2.24) is 0 Å². The summed E-state index contributed by atoms with van der Waals surface area (Å²) in [6.45, 7) is 7.18. The van der Waals surface area contributed by atoms with Gasteiger partial charge in [-0.3, -0.25) is 9.59 Å². The number of benzene rings is 2. The number of aromatic hydroxyl groups is 2. The van der Waals surface area contributed by atoms with E-state index in [1.165, 1.54) is 12.2 Å². The van der Waals surface area contributed by atoms with E-state index in [0.29, 0.717) is 0 Å². The first-order chi connectivity index (χ1) is 12.7. The monoisotopic (exact) mass is 364 g/mol. The molecule has 0 aliphatic heterocycles. The molecule has 0 radical (unpaired) electrons. The van der Waals surface area contributed by atoms with Crippen LogP contribution in [0.15, 0.2) is 36.4 Å². The maximum Gasteiger partial charge on any atom is 0.163 e. The summed E-state index contributed by atoms with van der Waals surface area (Å²) in [7, 11) is 0. The second-order valence-electron chi connectivity index (χ2n) is 6.78. The van der Waals surface area contributed by atoms with Gasteiger partial charge in [0.1, 0.15) is 11.5 Å². The molecule has 4 heteroatoms. The van der Waals surface area contributed by atoms with Gasteiger partial charge in [0.25, 0.3) is 0 Å². The van der Waals surface area contributed by atoms with E-state index >= 15 is 0 Å². The fourth-order valence-corrected chi connectivity index (χ4v) is 2.84. The van der Waals surface area contributed by atoms with E-state index in [-0.39, 0.29) is 29.5 Å². The van der Waals surface area contributed by atoms with Crippen LogP contribution in [0.4, 0.5) is 0 Å². The second kappa shape index (κ2) is 8.49. The molecular weight excluding hydrogens is 340 g/mol. The Bertz CT molecular complexity index is 825. The first-order valence-corrected chi connectivity index (χ1v) is 8.69. The Labute approximate surface area is 159 Å². The Morgan fingerprint density at radius 1 is 0.704 bits per heavy atom. The summed E-state index contributed by atoms with van der Waals surface area (Å²) in [5.74, 6) is -0.0748. The number of phenols is 2. The summed E-state index contributed by atoms with van der Waals surface area (Å²) in [4.78, 5) is 24.0. The lowest BCUT2D eigenvalue weighted by atomic mass is 10.0. The third kappa shape index (κ3) is 5.42. The van der Waals surface area contributed by atoms with Crippen LogP contribution in [-0.2, 0) is 9.59 Å². The fourth-order valence-electron chi connectivity index (χ4n) is 2.84. The number of allylic oxidation sites excluding steroid dienone is 2. The normalized spacial score (nSPS) is 11.4. The zero-order chi connectivity index (χ0) is 20.1. The highest BCUT2D eigenvalue weighted by Gasteiger charge is 2.06. The van der Waals surface area contributed by atoms with Crippen molar-refractivity contribution < 1.29 is 19.8 Å². The van der Waals surface area contributed by atoms with E-state index in [9.17, 15) is 19.8 Å². The molecule has 2 aromatic rings. The maximum absolute atomic E-state index is 12.0. The Hall–Kier alpha value is -3.14. The molecule has 0 aliphatic carbocycles. The molecule has 0 atom stereocenters. The Morgan fingerprint density at radius 3 is 1.30 bits per heavy atom. The molecule has 4 nitrogen and oxygen atoms in total. The van der Waals surface area contributed by atoms with E-state index in [2.05, 4.69) is 0 Å². The summed E-state index contributed by atoms with van der Waals surface area (Å²) in [6.07, 6.45) is 5.84. The average Bonchev–Trinajstić information content (AvgIpc) is 2.60. The summed E-state index contributed by atoms with van der Waals surface area (Å²) in [5.41, 5.74) is 4.55. The first kappa shape index (κ1) is 20.2. The number of hydrogen-bond donors (Lipinski definition) is 2. The van der Waals surface area contributed by atoms with E-state index in [0.717, 1.165) is 33.4 Å². The smallest absolute Gasteiger partial charge is 0.163 e. The predicted molar refractivity (Wildman–Crippen MR) is 108 cm³/mol. The lowest BCUT2D eigenvalue weighted by Crippen LogP contribution is -2.02. The zero-order valence-corrected chi connectivity index (χ0v) is 16.0. The van der Waals surface area contributed by atoms with Gasteiger partial charge in [-0.2, -0.15) is 0 Å². The van der Waals surface area contributed by atoms with Crippen LogP contribution in [0.3, 0.4) is 0 Å². The largest absolute Gasteiger partial charge is 0.507 e. The molecule has 0 unspecified atom stereocenters. The van der Waals surface area contributed by atoms with Gasteiger partial charge in [0.2, 0.25) is 0 Å². The maximum atomic E-state index is 12.0. The number of carbonyl (C=O) groups is 2. The average molecular weight is 364 g/mol. The molecule has 0 heterocycles. The van der Waals surface area contributed by atoms with Crippen molar-refractivity contribution in [1.29, 1.82) is 0 Å². The quantitative estimate of drug-likeness (QED) is 0.581. The van der Waals surface area contributed by atoms with E-state index in [1.54, 1.807) is 64.1 Å². The molecule has 0 saturated carbocycles. The van der Waals surface area contributed by atoms with Crippen molar-refractivity contribution >= 4 is 23.7 Å². The lowest BCUT2D eigenvalue weighted by Gasteiger charge is -2.04. The molecule has 140 valence electrons. The third-order valence-corrected chi connectivity index (χ3v) is 4.30. The minimum Gasteiger partial charge on any atom is -0.507 e. The molecular formula is C23H24O4. The van der Waals surface area contributed by atoms with Gasteiger partial charge in [0.05, 0.1) is 6.42 Å². The SMILES string of the molecule is Cc1cc(C=CC(=O)CC(=O)C=Cc2cc(C)c(O)c(C)c2)cc(C)c1O. The van der Waals surface area contributed by atoms with Crippen LogP contribution in [-0.4, -0.2) is 21.8 Å². The highest BCUT2D eigenvalue weighted by Crippen LogP contribution is 2.24. The standard InChI is InChI=1S/C23H24O4/c1-14-9-18(10-15(2)22(14)26)5-7-20(24)13-21(25)8-6-19-11-16(3)23(27)17(4)12-19/h5-12,26-27H,13H2,1-4H3. The van der Waals surface area contributed by atoms with Gasteiger partial charge in [0.15, 0.2) is 11.6 Å². The van der Waals surface area contributed by atoms with Gasteiger partial charge >= 0.3 is 0 Å². The number of hydrogen-bond acceptors (Lipinski definition) is 4. The van der Waals surface area contributed by atoms with Crippen LogP contribution in [0.2, 0.25) is 0 Å². The number of rotatable bonds is 6. The van der Waals surface area contributed by atoms with Crippen molar-refractivity contribution in [2.45, 2.75) is 34.1 Å². The van der Waals surface area contributed by atoms with E-state index in [4.69, 9.17) is 0 Å². The van der Waals surface area contributed by atoms with Crippen LogP contribution in [0.1, 0.15) is 39.8 Å². The second-order valence-corrected chi connectivity index (χ2v) is 6.78. The lowest BCUT2D eigenvalue weighted by molar-refractivity contribution is -0.121. The van der Waals surface area contributed by atoms with Gasteiger partial charge in [-0.1, -0.05) is 12.2 Å². The number of phenolic OH excluding ortho intramolecular Hbond substituents is 2. The third-order valence-electron chi connectivity index (χ3n) is 4.30. The summed E-state index contributed by atoms with van der Waals surface area (Å²) >= 11 is 0. The summed E-state index contributed by atoms with van der Waals surface area (Å²) < 4.78 is 0. The van der Waals surface area contributed by atoms with Crippen molar-refractivity contribution in [2.75, 3.05) is 0 Å². The molecule has 2 aromatic carbocycles. The van der Waals surface area contributed by atoms with Crippen LogP contribution in [0.5, 0.6) is 11.5 Å². The van der Waals surface area contributed by atoms with Crippen LogP contribution in [0, 0.1) is 27.7 Å². The molecule has 2 rings (SSSR count). The Balaban J connectivity index is 2.00. The summed E-state index contributed by atoms with van der Waals surface area (Å²) in [6, 6.07) is 7.12. The van der Waals surface area contributed by atoms with Crippen LogP contribution < -0.4 is 0 Å². The molecule has 27 heavy (non-hydrogen) atoms. The van der Waals surface area contributed by atoms with Crippen LogP contribution >= 0.6 is 0 Å². The summed E-state index contributed by atoms with van der Waals surface area (Å²) in [5, 5.41) is 19.5. The molecule has 0 aromatic heterocycles. The predicted octanol–water partition coefficient (Wildman–Crippen LogP) is 4.59. The molecule has 0 saturated heterocycles. The van der Waals surface area contributed by atoms with Crippen molar-refractivity contribution in [3.8, 4) is 11.5 Å².